The topological polar surface area (TPSA) is 0 Å². The van der Waals surface area contributed by atoms with E-state index in [2.05, 4.69) is 152 Å². The molecular formula is C24H68Fe7Mo2S20-20. The van der Waals surface area contributed by atoms with Gasteiger partial charge in [-0.2, -0.15) is 69.0 Å². The van der Waals surface area contributed by atoms with E-state index in [1.54, 1.807) is 0 Å². The van der Waals surface area contributed by atoms with E-state index in [0.717, 1.165) is 69.0 Å². The molecule has 0 N–H and O–H groups in total. The predicted octanol–water partition coefficient (Wildman–Crippen LogP) is 4.46. The fourth-order valence-electron chi connectivity index (χ4n) is 0. The molecule has 0 saturated carbocycles. The van der Waals surface area contributed by atoms with Crippen LogP contribution in [0.25, 0.3) is 0 Å². The minimum absolute atomic E-state index is 0. The van der Waals surface area contributed by atoms with Gasteiger partial charge < -0.3 is 260 Å². The molecule has 0 radical (unpaired) electrons. The van der Waals surface area contributed by atoms with Crippen LogP contribution >= 0.6 is 0 Å². The van der Waals surface area contributed by atoms with Gasteiger partial charge in [-0.15, -0.1) is 0 Å². The number of thiol groups is 8. The van der Waals surface area contributed by atoms with Crippen molar-refractivity contribution >= 4 is 260 Å². The van der Waals surface area contributed by atoms with E-state index in [1.165, 1.54) is 0 Å². The van der Waals surface area contributed by atoms with Gasteiger partial charge in [-0.25, -0.2) is 0 Å². The minimum atomic E-state index is 0. The van der Waals surface area contributed by atoms with Gasteiger partial charge in [0.05, 0.1) is 0 Å². The molecule has 0 spiro atoms. The second-order valence-electron chi connectivity index (χ2n) is 3.46. The van der Waals surface area contributed by atoms with Gasteiger partial charge in [0.15, 0.2) is 0 Å². The number of hydrogen-bond donors (Lipinski definition) is 0. The summed E-state index contributed by atoms with van der Waals surface area (Å²) in [6, 6.07) is 0. The first-order valence-electron chi connectivity index (χ1n) is 11.9. The summed E-state index contributed by atoms with van der Waals surface area (Å²) in [7, 11) is 0. The minimum Gasteiger partial charge on any atom is -0.813 e. The van der Waals surface area contributed by atoms with E-state index in [1.807, 2.05) is 83.1 Å². The Morgan fingerprint density at radius 1 is 0.170 bits per heavy atom. The van der Waals surface area contributed by atoms with Gasteiger partial charge in [0.1, 0.15) is 0 Å². The quantitative estimate of drug-likeness (QED) is 0.191. The van der Waals surface area contributed by atoms with Crippen LogP contribution in [0.15, 0.2) is 0 Å². The zero-order valence-electron chi connectivity index (χ0n) is 32.3. The van der Waals surface area contributed by atoms with E-state index < -0.39 is 0 Å². The second-order valence-corrected chi connectivity index (χ2v) is 10.4. The Balaban J connectivity index is -0.00000000427. The van der Waals surface area contributed by atoms with Crippen molar-refractivity contribution < 1.29 is 162 Å². The van der Waals surface area contributed by atoms with E-state index >= 15 is 0 Å². The van der Waals surface area contributed by atoms with Crippen molar-refractivity contribution in [3.05, 3.63) is 0 Å². The first-order valence-corrected chi connectivity index (χ1v) is 18.9. The summed E-state index contributed by atoms with van der Waals surface area (Å²) in [6.07, 6.45) is 0. The Bertz CT molecular complexity index is 128. The Labute approximate surface area is 563 Å². The summed E-state index contributed by atoms with van der Waals surface area (Å²) in [5.41, 5.74) is 0. The SMILES string of the molecule is CC[S-].CC[S-].CC[S-].CC[S-].CC[S-].CC[S-].CC[S-].CC[S-].CC[S-].CC[S-].CC[S-].CC[S-].[Fe].[Fe].[Fe].[Fe].[Fe].[Fe].[Fe].[Mo].[Mo].[SH-].[SH-].[SH-].[SH-].[SH-].[SH-].[SH-].[SH-]. The fourth-order valence-corrected chi connectivity index (χ4v) is 0. The van der Waals surface area contributed by atoms with Gasteiger partial charge in [0.25, 0.3) is 0 Å². The molecule has 0 aliphatic carbocycles. The molecule has 0 rings (SSSR count). The van der Waals surface area contributed by atoms with Crippen LogP contribution in [0.4, 0.5) is 0 Å². The second kappa shape index (κ2) is 441. The van der Waals surface area contributed by atoms with Crippen LogP contribution in [0.1, 0.15) is 83.1 Å². The van der Waals surface area contributed by atoms with Crippen LogP contribution in [0.2, 0.25) is 0 Å². The van der Waals surface area contributed by atoms with Crippen LogP contribution in [-0.4, -0.2) is 69.0 Å². The van der Waals surface area contributed by atoms with Crippen molar-refractivity contribution in [3.8, 4) is 0 Å². The molecule has 0 fully saturated rings. The Kier molecular flexibility index (Phi) is 1710. The number of hydrogen-bond acceptors (Lipinski definition) is 20. The molecule has 0 amide bonds. The monoisotopic (exact) mass is 1580 g/mol. The maximum absolute atomic E-state index is 4.39. The summed E-state index contributed by atoms with van der Waals surface area (Å²) in [4.78, 5) is 0. The third-order valence-electron chi connectivity index (χ3n) is 0. The summed E-state index contributed by atoms with van der Waals surface area (Å²) < 4.78 is 0. The first kappa shape index (κ1) is 205. The Hall–Kier alpha value is 12.0. The van der Waals surface area contributed by atoms with Crippen molar-refractivity contribution in [2.45, 2.75) is 83.1 Å². The summed E-state index contributed by atoms with van der Waals surface area (Å²) in [5, 5.41) is 0. The van der Waals surface area contributed by atoms with Crippen LogP contribution in [0.5, 0.6) is 0 Å². The van der Waals surface area contributed by atoms with E-state index in [-0.39, 0.29) is 270 Å². The van der Waals surface area contributed by atoms with E-state index in [4.69, 9.17) is 0 Å². The molecular weight excluding hydrogens is 1510 g/mol. The van der Waals surface area contributed by atoms with Crippen molar-refractivity contribution in [1.29, 1.82) is 0 Å². The average Bonchev–Trinajstić information content (AvgIpc) is 2.75. The molecule has 0 saturated heterocycles. The molecule has 0 nitrogen and oxygen atoms in total. The largest absolute Gasteiger partial charge is 0.813 e. The van der Waals surface area contributed by atoms with Crippen molar-refractivity contribution in [3.63, 3.8) is 0 Å². The molecule has 0 unspecified atom stereocenters. The third kappa shape index (κ3) is 1710. The molecule has 0 bridgehead atoms. The molecule has 0 aromatic carbocycles. The van der Waals surface area contributed by atoms with Gasteiger partial charge in [0, 0.05) is 162 Å². The molecule has 53 heavy (non-hydrogen) atoms. The standard InChI is InChI=1S/12C2H6S.7Fe.2Mo.8H2S/c12*1-2-3;;;;;;;;;;;;;;;;;/h12*3H,2H2,1H3;;;;;;;;;;8*1H2/p-20. The summed E-state index contributed by atoms with van der Waals surface area (Å²) in [6.45, 7) is 23.3. The van der Waals surface area contributed by atoms with Crippen molar-refractivity contribution in [2.24, 2.45) is 0 Å². The Morgan fingerprint density at radius 3 is 0.170 bits per heavy atom. The summed E-state index contributed by atoms with van der Waals surface area (Å²) in [5.74, 6) is 10.0. The smallest absolute Gasteiger partial charge is 0 e. The normalized spacial score (nSPS) is 4.08. The van der Waals surface area contributed by atoms with Gasteiger partial charge in [-0.3, -0.25) is 0 Å². The molecule has 0 aromatic rings. The van der Waals surface area contributed by atoms with Gasteiger partial charge in [-0.1, -0.05) is 83.1 Å². The van der Waals surface area contributed by atoms with Crippen LogP contribution in [0, 0.1) is 0 Å². The van der Waals surface area contributed by atoms with Crippen LogP contribution < -0.4 is 0 Å². The maximum atomic E-state index is 4.39. The van der Waals surface area contributed by atoms with Gasteiger partial charge >= 0.3 is 0 Å². The third-order valence-corrected chi connectivity index (χ3v) is 0. The van der Waals surface area contributed by atoms with Crippen LogP contribution in [0.3, 0.4) is 0 Å². The van der Waals surface area contributed by atoms with Crippen LogP contribution in [-0.2, 0) is 421 Å². The maximum Gasteiger partial charge on any atom is 0 e. The van der Waals surface area contributed by atoms with Crippen molar-refractivity contribution in [1.82, 2.24) is 0 Å². The van der Waals surface area contributed by atoms with E-state index in [0.29, 0.717) is 0 Å². The number of rotatable bonds is 0. The summed E-state index contributed by atoms with van der Waals surface area (Å²) >= 11 is 52.7. The van der Waals surface area contributed by atoms with E-state index in [9.17, 15) is 0 Å². The molecule has 0 heterocycles. The molecule has 29 heteroatoms. The first-order chi connectivity index (χ1) is 17.0. The van der Waals surface area contributed by atoms with Gasteiger partial charge in [-0.05, 0) is 0 Å². The Morgan fingerprint density at radius 2 is 0.170 bits per heavy atom. The predicted molar refractivity (Wildman–Crippen MR) is 285 cm³/mol. The molecule has 372 valence electrons. The molecule has 0 aromatic heterocycles. The molecule has 0 aliphatic rings. The zero-order chi connectivity index (χ0) is 32.5. The van der Waals surface area contributed by atoms with Crippen molar-refractivity contribution in [2.75, 3.05) is 69.0 Å². The zero-order valence-corrected chi connectivity index (χ0v) is 60.9. The molecule has 0 aliphatic heterocycles. The van der Waals surface area contributed by atoms with Gasteiger partial charge in [0.2, 0.25) is 0 Å². The molecule has 0 atom stereocenters. The average molecular weight is 1580 g/mol. The fraction of sp³-hybridized carbons (Fsp3) is 1.00.